The van der Waals surface area contributed by atoms with Crippen LogP contribution in [0.2, 0.25) is 0 Å². The van der Waals surface area contributed by atoms with Gasteiger partial charge in [-0.25, -0.2) is 19.4 Å². The van der Waals surface area contributed by atoms with Gasteiger partial charge in [-0.1, -0.05) is 45.9 Å². The molecule has 2 aromatic heterocycles. The quantitative estimate of drug-likeness (QED) is 0.0474. The Morgan fingerprint density at radius 3 is 2.20 bits per heavy atom. The first-order valence-corrected chi connectivity index (χ1v) is 18.1. The second-order valence-electron chi connectivity index (χ2n) is 14.5. The predicted octanol–water partition coefficient (Wildman–Crippen LogP) is 2.86. The number of hydrogen-bond acceptors (Lipinski definition) is 11. The van der Waals surface area contributed by atoms with Crippen LogP contribution in [0.5, 0.6) is 0 Å². The molecule has 5 amide bonds. The molecule has 0 aliphatic heterocycles. The van der Waals surface area contributed by atoms with Crippen molar-refractivity contribution in [3.63, 3.8) is 0 Å². The lowest BCUT2D eigenvalue weighted by Crippen LogP contribution is -2.55. The second-order valence-corrected chi connectivity index (χ2v) is 14.5. The maximum atomic E-state index is 13.4. The molecule has 3 rings (SSSR count). The zero-order chi connectivity index (χ0) is 41.6. The number of nitrogens with two attached hydrogens (primary N) is 1. The number of H-pyrrole nitrogens is 1. The van der Waals surface area contributed by atoms with Crippen LogP contribution in [0.3, 0.4) is 0 Å². The van der Waals surface area contributed by atoms with Gasteiger partial charge in [0.15, 0.2) is 0 Å². The number of aromatic amines is 1. The first kappa shape index (κ1) is 44.2. The van der Waals surface area contributed by atoms with Crippen LogP contribution in [0.4, 0.5) is 15.3 Å². The fourth-order valence-electron chi connectivity index (χ4n) is 5.21. The topological polar surface area (TPSA) is 255 Å². The molecule has 0 spiro atoms. The van der Waals surface area contributed by atoms with Crippen LogP contribution in [0.15, 0.2) is 59.5 Å². The number of anilines is 1. The SMILES string of the molecule is CC(C)C(NC(=O)[C@@H](NC(=O)OC(C)(C)C)C(C)C)C(=O)OCCOC(=O)N[C@@H](CC/C=C/C(N)=O)C(=O)Nc1cccn(Cc2nc3ccccc3[nH]2)c1=O. The number of para-hydroxylation sites is 2. The third-order valence-electron chi connectivity index (χ3n) is 7.95. The molecule has 304 valence electrons. The first-order valence-electron chi connectivity index (χ1n) is 18.1. The summed E-state index contributed by atoms with van der Waals surface area (Å²) in [6.07, 6.45) is 2.42. The van der Waals surface area contributed by atoms with E-state index in [9.17, 15) is 33.6 Å². The molecule has 3 atom stereocenters. The number of imidazole rings is 1. The van der Waals surface area contributed by atoms with Gasteiger partial charge in [0.05, 0.1) is 17.6 Å². The predicted molar refractivity (Wildman–Crippen MR) is 206 cm³/mol. The fourth-order valence-corrected chi connectivity index (χ4v) is 5.21. The number of nitrogens with zero attached hydrogens (tertiary/aromatic N) is 2. The average molecular weight is 781 g/mol. The molecule has 3 aromatic rings. The van der Waals surface area contributed by atoms with Crippen molar-refractivity contribution in [1.82, 2.24) is 30.5 Å². The van der Waals surface area contributed by atoms with Gasteiger partial charge in [0, 0.05) is 6.20 Å². The van der Waals surface area contributed by atoms with Crippen LogP contribution in [0, 0.1) is 11.8 Å². The number of ether oxygens (including phenoxy) is 3. The molecule has 1 aromatic carbocycles. The minimum Gasteiger partial charge on any atom is -0.461 e. The van der Waals surface area contributed by atoms with Crippen LogP contribution >= 0.6 is 0 Å². The fraction of sp³-hybridized carbons (Fsp3) is 0.474. The maximum Gasteiger partial charge on any atom is 0.408 e. The lowest BCUT2D eigenvalue weighted by Gasteiger charge is -2.27. The van der Waals surface area contributed by atoms with E-state index in [1.807, 2.05) is 24.3 Å². The Kier molecular flexibility index (Phi) is 16.2. The molecule has 0 aliphatic rings. The van der Waals surface area contributed by atoms with Gasteiger partial charge in [-0.05, 0) is 75.8 Å². The van der Waals surface area contributed by atoms with Gasteiger partial charge in [0.2, 0.25) is 17.7 Å². The number of rotatable bonds is 18. The van der Waals surface area contributed by atoms with Crippen molar-refractivity contribution in [2.45, 2.75) is 91.6 Å². The maximum absolute atomic E-state index is 13.4. The Labute approximate surface area is 324 Å². The summed E-state index contributed by atoms with van der Waals surface area (Å²) < 4.78 is 17.0. The van der Waals surface area contributed by atoms with Crippen molar-refractivity contribution in [3.8, 4) is 0 Å². The van der Waals surface area contributed by atoms with E-state index in [0.29, 0.717) is 5.82 Å². The number of alkyl carbamates (subject to hydrolysis) is 2. The number of carbonyl (C=O) groups is 6. The summed E-state index contributed by atoms with van der Waals surface area (Å²) in [6, 6.07) is 7.06. The number of primary amides is 1. The highest BCUT2D eigenvalue weighted by Crippen LogP contribution is 2.13. The van der Waals surface area contributed by atoms with E-state index in [1.54, 1.807) is 60.7 Å². The van der Waals surface area contributed by atoms with Crippen LogP contribution in [0.25, 0.3) is 11.0 Å². The van der Waals surface area contributed by atoms with Gasteiger partial charge < -0.3 is 50.8 Å². The van der Waals surface area contributed by atoms with Crippen molar-refractivity contribution in [1.29, 1.82) is 0 Å². The molecule has 0 saturated heterocycles. The van der Waals surface area contributed by atoms with Gasteiger partial charge in [-0.2, -0.15) is 0 Å². The minimum atomic E-state index is -1.23. The number of allylic oxidation sites excluding steroid dienone is 1. The molecule has 56 heavy (non-hydrogen) atoms. The molecule has 0 bridgehead atoms. The Bertz CT molecular complexity index is 1910. The molecular weight excluding hydrogens is 728 g/mol. The number of amides is 5. The van der Waals surface area contributed by atoms with E-state index in [2.05, 4.69) is 31.2 Å². The molecule has 2 heterocycles. The van der Waals surface area contributed by atoms with Crippen molar-refractivity contribution < 1.29 is 43.0 Å². The number of benzene rings is 1. The largest absolute Gasteiger partial charge is 0.461 e. The highest BCUT2D eigenvalue weighted by atomic mass is 16.6. The lowest BCUT2D eigenvalue weighted by atomic mass is 10.0. The zero-order valence-corrected chi connectivity index (χ0v) is 32.7. The molecule has 0 radical (unpaired) electrons. The molecule has 18 heteroatoms. The summed E-state index contributed by atoms with van der Waals surface area (Å²) in [5, 5.41) is 10.1. The minimum absolute atomic E-state index is 0.00434. The van der Waals surface area contributed by atoms with Crippen LogP contribution in [0.1, 0.15) is 67.1 Å². The summed E-state index contributed by atoms with van der Waals surface area (Å²) in [4.78, 5) is 96.6. The molecular formula is C38H52N8O10. The van der Waals surface area contributed by atoms with Gasteiger partial charge in [-0.15, -0.1) is 0 Å². The monoisotopic (exact) mass is 780 g/mol. The van der Waals surface area contributed by atoms with E-state index in [0.717, 1.165) is 17.1 Å². The smallest absolute Gasteiger partial charge is 0.408 e. The molecule has 0 fully saturated rings. The normalized spacial score (nSPS) is 13.2. The molecule has 0 saturated carbocycles. The molecule has 0 aliphatic carbocycles. The number of pyridine rings is 1. The van der Waals surface area contributed by atoms with E-state index in [4.69, 9.17) is 19.9 Å². The summed E-state index contributed by atoms with van der Waals surface area (Å²) in [5.41, 5.74) is 5.33. The number of hydrogen-bond donors (Lipinski definition) is 6. The first-order chi connectivity index (χ1) is 26.3. The lowest BCUT2D eigenvalue weighted by molar-refractivity contribution is -0.150. The number of fused-ring (bicyclic) bond motifs is 1. The third-order valence-corrected chi connectivity index (χ3v) is 7.95. The second kappa shape index (κ2) is 20.5. The van der Waals surface area contributed by atoms with Gasteiger partial charge in [0.25, 0.3) is 5.56 Å². The summed E-state index contributed by atoms with van der Waals surface area (Å²) in [6.45, 7) is 11.2. The summed E-state index contributed by atoms with van der Waals surface area (Å²) in [7, 11) is 0. The Hall–Kier alpha value is -6.20. The summed E-state index contributed by atoms with van der Waals surface area (Å²) >= 11 is 0. The molecule has 7 N–H and O–H groups in total. The number of nitrogens with one attached hydrogen (secondary N) is 5. The zero-order valence-electron chi connectivity index (χ0n) is 32.7. The Morgan fingerprint density at radius 1 is 0.875 bits per heavy atom. The van der Waals surface area contributed by atoms with Gasteiger partial charge in [-0.3, -0.25) is 19.2 Å². The van der Waals surface area contributed by atoms with Gasteiger partial charge in [0.1, 0.15) is 48.5 Å². The third kappa shape index (κ3) is 14.2. The van der Waals surface area contributed by atoms with Crippen molar-refractivity contribution in [2.75, 3.05) is 18.5 Å². The molecule has 18 nitrogen and oxygen atoms in total. The van der Waals surface area contributed by atoms with E-state index >= 15 is 0 Å². The van der Waals surface area contributed by atoms with Crippen LogP contribution in [-0.4, -0.2) is 87.4 Å². The van der Waals surface area contributed by atoms with E-state index in [-0.39, 0.29) is 37.6 Å². The number of aromatic nitrogens is 3. The van der Waals surface area contributed by atoms with Crippen molar-refractivity contribution in [3.05, 3.63) is 70.9 Å². The Morgan fingerprint density at radius 2 is 1.55 bits per heavy atom. The van der Waals surface area contributed by atoms with Crippen molar-refractivity contribution >= 4 is 52.6 Å². The van der Waals surface area contributed by atoms with Crippen LogP contribution < -0.4 is 32.6 Å². The Balaban J connectivity index is 1.59. The summed E-state index contributed by atoms with van der Waals surface area (Å²) in [5.74, 6) is -3.08. The van der Waals surface area contributed by atoms with Crippen LogP contribution in [-0.2, 0) is 39.9 Å². The van der Waals surface area contributed by atoms with E-state index < -0.39 is 77.7 Å². The number of esters is 1. The van der Waals surface area contributed by atoms with Gasteiger partial charge >= 0.3 is 18.2 Å². The standard InChI is InChI=1S/C38H52N8O10/c1-22(2)30(45-37(53)56-38(5,6)7)33(49)44-31(23(3)4)35(51)54-19-20-55-36(52)43-26(15-10-11-17-28(39)47)32(48)42-27-16-12-18-46(34(27)50)21-29-40-24-13-8-9-14-25(24)41-29/h8-9,11-14,16-18,22-23,26,30-31H,10,15,19-21H2,1-7H3,(H2,39,47)(H,40,41)(H,42,48)(H,43,52)(H,44,49)(H,45,53)/b17-11+/t26-,30-,31?/m0/s1. The van der Waals surface area contributed by atoms with E-state index in [1.165, 1.54) is 16.7 Å². The molecule has 1 unspecified atom stereocenters. The highest BCUT2D eigenvalue weighted by molar-refractivity contribution is 5.96. The van der Waals surface area contributed by atoms with Crippen molar-refractivity contribution in [2.24, 2.45) is 17.6 Å². The number of carbonyl (C=O) groups excluding carboxylic acids is 6. The average Bonchev–Trinajstić information content (AvgIpc) is 3.52. The highest BCUT2D eigenvalue weighted by Gasteiger charge is 2.32.